The van der Waals surface area contributed by atoms with Gasteiger partial charge >= 0.3 is 0 Å². The number of carbonyl (C=O) groups is 1. The van der Waals surface area contributed by atoms with Crippen molar-refractivity contribution in [2.75, 3.05) is 28.6 Å². The van der Waals surface area contributed by atoms with E-state index in [4.69, 9.17) is 11.6 Å². The molecule has 5 nitrogen and oxygen atoms in total. The van der Waals surface area contributed by atoms with Gasteiger partial charge in [0.05, 0.1) is 0 Å². The van der Waals surface area contributed by atoms with Crippen LogP contribution in [-0.2, 0) is 4.79 Å². The van der Waals surface area contributed by atoms with Gasteiger partial charge in [0.15, 0.2) is 0 Å². The van der Waals surface area contributed by atoms with Gasteiger partial charge in [0, 0.05) is 41.4 Å². The van der Waals surface area contributed by atoms with Gasteiger partial charge in [-0.25, -0.2) is 0 Å². The molecule has 1 heterocycles. The molecule has 2 aromatic carbocycles. The summed E-state index contributed by atoms with van der Waals surface area (Å²) in [7, 11) is 0. The number of nitrogens with one attached hydrogen (secondary N) is 2. The van der Waals surface area contributed by atoms with Crippen molar-refractivity contribution in [1.82, 2.24) is 0 Å². The number of carbonyl (C=O) groups excluding carboxylic acids is 1. The first kappa shape index (κ1) is 19.8. The molecule has 0 atom stereocenters. The molecule has 0 aliphatic carbocycles. The molecule has 1 fully saturated rings. The van der Waals surface area contributed by atoms with Gasteiger partial charge in [-0.3, -0.25) is 4.79 Å². The van der Waals surface area contributed by atoms with Gasteiger partial charge in [-0.2, -0.15) is 5.26 Å². The molecule has 28 heavy (non-hydrogen) atoms. The Bertz CT molecular complexity index is 909. The van der Waals surface area contributed by atoms with Crippen LogP contribution in [0.2, 0.25) is 5.02 Å². The largest absolute Gasteiger partial charge is 0.372 e. The van der Waals surface area contributed by atoms with Gasteiger partial charge in [-0.15, -0.1) is 0 Å². The average molecular weight is 395 g/mol. The Morgan fingerprint density at radius 1 is 1.14 bits per heavy atom. The van der Waals surface area contributed by atoms with Gasteiger partial charge in [0.2, 0.25) is 0 Å². The lowest BCUT2D eigenvalue weighted by atomic mass is 10.1. The van der Waals surface area contributed by atoms with E-state index in [1.165, 1.54) is 31.1 Å². The Morgan fingerprint density at radius 2 is 1.86 bits per heavy atom. The predicted octanol–water partition coefficient (Wildman–Crippen LogP) is 5.10. The molecule has 1 aliphatic rings. The van der Waals surface area contributed by atoms with Crippen LogP contribution in [0.3, 0.4) is 0 Å². The number of rotatable bonds is 5. The topological polar surface area (TPSA) is 68.2 Å². The maximum Gasteiger partial charge on any atom is 0.267 e. The minimum Gasteiger partial charge on any atom is -0.372 e. The zero-order valence-corrected chi connectivity index (χ0v) is 16.6. The van der Waals surface area contributed by atoms with Gasteiger partial charge in [0.1, 0.15) is 11.6 Å². The zero-order chi connectivity index (χ0) is 19.9. The van der Waals surface area contributed by atoms with Gasteiger partial charge < -0.3 is 15.5 Å². The minimum absolute atomic E-state index is 0.0144. The van der Waals surface area contributed by atoms with Crippen molar-refractivity contribution < 1.29 is 4.79 Å². The van der Waals surface area contributed by atoms with Crippen LogP contribution in [-0.4, -0.2) is 19.0 Å². The lowest BCUT2D eigenvalue weighted by Gasteiger charge is -2.28. The first-order chi connectivity index (χ1) is 13.6. The summed E-state index contributed by atoms with van der Waals surface area (Å²) in [6, 6.07) is 15.2. The standard InChI is InChI=1S/C22H23ClN4O/c1-16-5-6-18(23)13-21(16)26-22(28)17(14-24)15-25-19-7-9-20(10-8-19)27-11-3-2-4-12-27/h5-10,13,15,25H,2-4,11-12H2,1H3,(H,26,28)/b17-15-. The molecule has 0 unspecified atom stereocenters. The molecule has 0 spiro atoms. The first-order valence-corrected chi connectivity index (χ1v) is 9.74. The Balaban J connectivity index is 1.65. The molecular formula is C22H23ClN4O. The lowest BCUT2D eigenvalue weighted by molar-refractivity contribution is -0.112. The third-order valence-electron chi connectivity index (χ3n) is 4.78. The third kappa shape index (κ3) is 5.05. The number of benzene rings is 2. The number of hydrogen-bond donors (Lipinski definition) is 2. The quantitative estimate of drug-likeness (QED) is 0.547. The Labute approximate surface area is 170 Å². The lowest BCUT2D eigenvalue weighted by Crippen LogP contribution is -2.29. The van der Waals surface area contributed by atoms with Crippen LogP contribution < -0.4 is 15.5 Å². The van der Waals surface area contributed by atoms with Crippen LogP contribution in [0.1, 0.15) is 24.8 Å². The summed E-state index contributed by atoms with van der Waals surface area (Å²) in [4.78, 5) is 14.8. The zero-order valence-electron chi connectivity index (χ0n) is 15.8. The van der Waals surface area contributed by atoms with E-state index in [2.05, 4.69) is 27.7 Å². The van der Waals surface area contributed by atoms with E-state index in [1.807, 2.05) is 31.2 Å². The van der Waals surface area contributed by atoms with Crippen LogP contribution in [0, 0.1) is 18.3 Å². The van der Waals surface area contributed by atoms with E-state index < -0.39 is 5.91 Å². The van der Waals surface area contributed by atoms with E-state index in [0.717, 1.165) is 24.3 Å². The number of nitrogens with zero attached hydrogens (tertiary/aromatic N) is 2. The van der Waals surface area contributed by atoms with E-state index in [9.17, 15) is 10.1 Å². The summed E-state index contributed by atoms with van der Waals surface area (Å²) in [5.41, 5.74) is 3.46. The fraction of sp³-hybridized carbons (Fsp3) is 0.273. The Kier molecular flexibility index (Phi) is 6.57. The highest BCUT2D eigenvalue weighted by atomic mass is 35.5. The monoisotopic (exact) mass is 394 g/mol. The summed E-state index contributed by atoms with van der Waals surface area (Å²) < 4.78 is 0. The van der Waals surface area contributed by atoms with Gasteiger partial charge in [0.25, 0.3) is 5.91 Å². The second-order valence-corrected chi connectivity index (χ2v) is 7.26. The first-order valence-electron chi connectivity index (χ1n) is 9.36. The normalized spacial score (nSPS) is 14.3. The molecule has 0 saturated carbocycles. The SMILES string of the molecule is Cc1ccc(Cl)cc1NC(=O)/C(C#N)=C\Nc1ccc(N2CCCCC2)cc1. The van der Waals surface area contributed by atoms with Gasteiger partial charge in [-0.05, 0) is 68.1 Å². The van der Waals surface area contributed by atoms with Crippen LogP contribution in [0.4, 0.5) is 17.1 Å². The summed E-state index contributed by atoms with van der Waals surface area (Å²) in [5.74, 6) is -0.481. The molecule has 0 aromatic heterocycles. The summed E-state index contributed by atoms with van der Waals surface area (Å²) in [6.07, 6.45) is 5.19. The number of halogens is 1. The smallest absolute Gasteiger partial charge is 0.267 e. The van der Waals surface area contributed by atoms with Crippen molar-refractivity contribution in [2.45, 2.75) is 26.2 Å². The second kappa shape index (κ2) is 9.29. The number of anilines is 3. The summed E-state index contributed by atoms with van der Waals surface area (Å²) in [5, 5.41) is 15.6. The van der Waals surface area contributed by atoms with Crippen molar-refractivity contribution in [3.63, 3.8) is 0 Å². The number of hydrogen-bond acceptors (Lipinski definition) is 4. The molecule has 2 aromatic rings. The summed E-state index contributed by atoms with van der Waals surface area (Å²) >= 11 is 5.98. The number of nitriles is 1. The fourth-order valence-electron chi connectivity index (χ4n) is 3.14. The van der Waals surface area contributed by atoms with Crippen LogP contribution in [0.25, 0.3) is 0 Å². The van der Waals surface area contributed by atoms with Crippen molar-refractivity contribution in [1.29, 1.82) is 5.26 Å². The van der Waals surface area contributed by atoms with E-state index >= 15 is 0 Å². The van der Waals surface area contributed by atoms with Crippen molar-refractivity contribution in [3.05, 3.63) is 64.8 Å². The molecular weight excluding hydrogens is 372 g/mol. The van der Waals surface area contributed by atoms with E-state index in [0.29, 0.717) is 10.7 Å². The molecule has 2 N–H and O–H groups in total. The van der Waals surface area contributed by atoms with E-state index in [1.54, 1.807) is 12.1 Å². The maximum atomic E-state index is 12.4. The third-order valence-corrected chi connectivity index (χ3v) is 5.02. The maximum absolute atomic E-state index is 12.4. The predicted molar refractivity (Wildman–Crippen MR) is 115 cm³/mol. The van der Waals surface area contributed by atoms with Crippen LogP contribution >= 0.6 is 11.6 Å². The average Bonchev–Trinajstić information content (AvgIpc) is 2.72. The highest BCUT2D eigenvalue weighted by molar-refractivity contribution is 6.31. The Morgan fingerprint density at radius 3 is 2.54 bits per heavy atom. The molecule has 6 heteroatoms. The van der Waals surface area contributed by atoms with Gasteiger partial charge in [-0.1, -0.05) is 17.7 Å². The molecule has 1 saturated heterocycles. The molecule has 0 bridgehead atoms. The van der Waals surface area contributed by atoms with Crippen molar-refractivity contribution in [3.8, 4) is 6.07 Å². The molecule has 144 valence electrons. The number of amides is 1. The summed E-state index contributed by atoms with van der Waals surface area (Å²) in [6.45, 7) is 4.05. The van der Waals surface area contributed by atoms with Crippen molar-refractivity contribution >= 4 is 34.6 Å². The van der Waals surface area contributed by atoms with Crippen molar-refractivity contribution in [2.24, 2.45) is 0 Å². The van der Waals surface area contributed by atoms with Crippen LogP contribution in [0.15, 0.2) is 54.2 Å². The second-order valence-electron chi connectivity index (χ2n) is 6.82. The molecule has 3 rings (SSSR count). The Hall–Kier alpha value is -2.97. The minimum atomic E-state index is -0.481. The number of piperidine rings is 1. The molecule has 0 radical (unpaired) electrons. The highest BCUT2D eigenvalue weighted by Gasteiger charge is 2.12. The van der Waals surface area contributed by atoms with Crippen LogP contribution in [0.5, 0.6) is 0 Å². The molecule has 1 aliphatic heterocycles. The molecule has 1 amide bonds. The highest BCUT2D eigenvalue weighted by Crippen LogP contribution is 2.23. The fourth-order valence-corrected chi connectivity index (χ4v) is 3.32. The number of aryl methyl sites for hydroxylation is 1. The van der Waals surface area contributed by atoms with E-state index in [-0.39, 0.29) is 5.57 Å².